The summed E-state index contributed by atoms with van der Waals surface area (Å²) in [4.78, 5) is 34.8. The Hall–Kier alpha value is -3.15. The summed E-state index contributed by atoms with van der Waals surface area (Å²) in [7, 11) is 0. The number of anilines is 1. The fourth-order valence-electron chi connectivity index (χ4n) is 2.86. The molecule has 6 nitrogen and oxygen atoms in total. The Labute approximate surface area is 158 Å². The van der Waals surface area contributed by atoms with E-state index in [9.17, 15) is 14.4 Å². The predicted molar refractivity (Wildman–Crippen MR) is 103 cm³/mol. The number of carboxylic acid groups (broad SMARTS) is 1. The Balaban J connectivity index is 2.04. The van der Waals surface area contributed by atoms with E-state index in [2.05, 4.69) is 10.6 Å². The quantitative estimate of drug-likeness (QED) is 0.634. The van der Waals surface area contributed by atoms with Crippen molar-refractivity contribution < 1.29 is 19.5 Å². The summed E-state index contributed by atoms with van der Waals surface area (Å²) in [5, 5.41) is 14.6. The molecule has 0 spiro atoms. The van der Waals surface area contributed by atoms with Gasteiger partial charge in [-0.05, 0) is 30.0 Å². The molecule has 0 radical (unpaired) electrons. The van der Waals surface area contributed by atoms with Crippen LogP contribution in [0.15, 0.2) is 54.6 Å². The standard InChI is InChI=1S/C21H24N2O4/c1-15(24)22-19-10-6-5-9-17(19)14-20(25)23-18(11-12-21(26)27)13-16-7-3-2-4-8-16/h2-10,18H,11-14H2,1H3,(H,22,24)(H,23,25)(H,26,27). The second-order valence-corrected chi connectivity index (χ2v) is 6.40. The van der Waals surface area contributed by atoms with E-state index in [1.165, 1.54) is 6.92 Å². The lowest BCUT2D eigenvalue weighted by Crippen LogP contribution is -2.38. The van der Waals surface area contributed by atoms with Gasteiger partial charge in [0.2, 0.25) is 11.8 Å². The van der Waals surface area contributed by atoms with Crippen molar-refractivity contribution in [3.05, 3.63) is 65.7 Å². The van der Waals surface area contributed by atoms with Crippen molar-refractivity contribution in [3.8, 4) is 0 Å². The van der Waals surface area contributed by atoms with E-state index in [1.807, 2.05) is 30.3 Å². The fraction of sp³-hybridized carbons (Fsp3) is 0.286. The van der Waals surface area contributed by atoms with E-state index in [-0.39, 0.29) is 30.7 Å². The number of amides is 2. The van der Waals surface area contributed by atoms with Crippen molar-refractivity contribution in [2.75, 3.05) is 5.32 Å². The minimum Gasteiger partial charge on any atom is -0.481 e. The molecule has 0 aliphatic rings. The Morgan fingerprint density at radius 3 is 2.33 bits per heavy atom. The van der Waals surface area contributed by atoms with E-state index in [1.54, 1.807) is 24.3 Å². The molecular formula is C21H24N2O4. The molecule has 142 valence electrons. The van der Waals surface area contributed by atoms with Crippen LogP contribution in [-0.4, -0.2) is 28.9 Å². The maximum atomic E-state index is 12.5. The molecule has 1 atom stereocenters. The van der Waals surface area contributed by atoms with Crippen LogP contribution < -0.4 is 10.6 Å². The second kappa shape index (κ2) is 10.1. The monoisotopic (exact) mass is 368 g/mol. The summed E-state index contributed by atoms with van der Waals surface area (Å²) in [6.07, 6.45) is 1.01. The summed E-state index contributed by atoms with van der Waals surface area (Å²) in [6.45, 7) is 1.42. The van der Waals surface area contributed by atoms with Crippen LogP contribution in [0.3, 0.4) is 0 Å². The zero-order chi connectivity index (χ0) is 19.6. The molecule has 0 fully saturated rings. The van der Waals surface area contributed by atoms with Crippen LogP contribution in [0.2, 0.25) is 0 Å². The minimum absolute atomic E-state index is 0.0136. The number of carbonyl (C=O) groups excluding carboxylic acids is 2. The first-order valence-electron chi connectivity index (χ1n) is 8.84. The number of carboxylic acids is 1. The Bertz CT molecular complexity index is 790. The summed E-state index contributed by atoms with van der Waals surface area (Å²) in [5.74, 6) is -1.30. The van der Waals surface area contributed by atoms with Crippen molar-refractivity contribution in [1.29, 1.82) is 0 Å². The van der Waals surface area contributed by atoms with Gasteiger partial charge >= 0.3 is 5.97 Å². The number of aliphatic carboxylic acids is 1. The maximum absolute atomic E-state index is 12.5. The van der Waals surface area contributed by atoms with Crippen molar-refractivity contribution in [3.63, 3.8) is 0 Å². The van der Waals surface area contributed by atoms with Crippen molar-refractivity contribution in [1.82, 2.24) is 5.32 Å². The highest BCUT2D eigenvalue weighted by atomic mass is 16.4. The summed E-state index contributed by atoms with van der Waals surface area (Å²) in [5.41, 5.74) is 2.35. The van der Waals surface area contributed by atoms with E-state index in [0.29, 0.717) is 24.1 Å². The average molecular weight is 368 g/mol. The summed E-state index contributed by atoms with van der Waals surface area (Å²) in [6, 6.07) is 16.5. The van der Waals surface area contributed by atoms with Crippen molar-refractivity contribution in [2.45, 2.75) is 38.6 Å². The highest BCUT2D eigenvalue weighted by Crippen LogP contribution is 2.16. The van der Waals surface area contributed by atoms with E-state index >= 15 is 0 Å². The topological polar surface area (TPSA) is 95.5 Å². The van der Waals surface area contributed by atoms with Crippen LogP contribution in [-0.2, 0) is 27.2 Å². The molecule has 0 aliphatic carbocycles. The fourth-order valence-corrected chi connectivity index (χ4v) is 2.86. The molecule has 2 aromatic carbocycles. The number of rotatable bonds is 9. The molecule has 1 unspecified atom stereocenters. The molecule has 2 amide bonds. The Morgan fingerprint density at radius 1 is 1.00 bits per heavy atom. The van der Waals surface area contributed by atoms with Crippen LogP contribution in [0, 0.1) is 0 Å². The number of para-hydroxylation sites is 1. The van der Waals surface area contributed by atoms with E-state index < -0.39 is 5.97 Å². The van der Waals surface area contributed by atoms with Crippen molar-refractivity contribution in [2.24, 2.45) is 0 Å². The van der Waals surface area contributed by atoms with Crippen LogP contribution in [0.25, 0.3) is 0 Å². The highest BCUT2D eigenvalue weighted by Gasteiger charge is 2.16. The third kappa shape index (κ3) is 7.32. The van der Waals surface area contributed by atoms with Gasteiger partial charge < -0.3 is 15.7 Å². The number of hydrogen-bond donors (Lipinski definition) is 3. The third-order valence-electron chi connectivity index (χ3n) is 4.08. The molecule has 2 aromatic rings. The Morgan fingerprint density at radius 2 is 1.67 bits per heavy atom. The van der Waals surface area contributed by atoms with Crippen LogP contribution in [0.5, 0.6) is 0 Å². The van der Waals surface area contributed by atoms with E-state index in [4.69, 9.17) is 5.11 Å². The zero-order valence-electron chi connectivity index (χ0n) is 15.3. The van der Waals surface area contributed by atoms with Gasteiger partial charge in [-0.2, -0.15) is 0 Å². The first-order chi connectivity index (χ1) is 12.9. The number of hydrogen-bond acceptors (Lipinski definition) is 3. The van der Waals surface area contributed by atoms with Gasteiger partial charge in [-0.15, -0.1) is 0 Å². The van der Waals surface area contributed by atoms with Gasteiger partial charge in [0, 0.05) is 25.1 Å². The first-order valence-corrected chi connectivity index (χ1v) is 8.84. The summed E-state index contributed by atoms with van der Waals surface area (Å²) < 4.78 is 0. The zero-order valence-corrected chi connectivity index (χ0v) is 15.3. The van der Waals surface area contributed by atoms with Crippen LogP contribution >= 0.6 is 0 Å². The van der Waals surface area contributed by atoms with Gasteiger partial charge in [-0.25, -0.2) is 0 Å². The largest absolute Gasteiger partial charge is 0.481 e. The molecule has 6 heteroatoms. The van der Waals surface area contributed by atoms with Crippen LogP contribution in [0.4, 0.5) is 5.69 Å². The average Bonchev–Trinajstić information content (AvgIpc) is 2.62. The number of nitrogens with one attached hydrogen (secondary N) is 2. The van der Waals surface area contributed by atoms with Crippen LogP contribution in [0.1, 0.15) is 30.9 Å². The lowest BCUT2D eigenvalue weighted by molar-refractivity contribution is -0.137. The van der Waals surface area contributed by atoms with Gasteiger partial charge in [0.25, 0.3) is 0 Å². The molecule has 0 saturated heterocycles. The molecule has 0 aliphatic heterocycles. The predicted octanol–water partition coefficient (Wildman–Crippen LogP) is 2.78. The molecular weight excluding hydrogens is 344 g/mol. The molecule has 0 saturated carbocycles. The molecule has 27 heavy (non-hydrogen) atoms. The van der Waals surface area contributed by atoms with Gasteiger partial charge in [0.1, 0.15) is 0 Å². The number of benzene rings is 2. The molecule has 0 heterocycles. The first kappa shape index (κ1) is 20.2. The second-order valence-electron chi connectivity index (χ2n) is 6.40. The van der Waals surface area contributed by atoms with Gasteiger partial charge in [-0.3, -0.25) is 14.4 Å². The van der Waals surface area contributed by atoms with Gasteiger partial charge in [-0.1, -0.05) is 48.5 Å². The normalized spacial score (nSPS) is 11.4. The summed E-state index contributed by atoms with van der Waals surface area (Å²) >= 11 is 0. The molecule has 0 bridgehead atoms. The smallest absolute Gasteiger partial charge is 0.303 e. The maximum Gasteiger partial charge on any atom is 0.303 e. The highest BCUT2D eigenvalue weighted by molar-refractivity contribution is 5.91. The minimum atomic E-state index is -0.890. The van der Waals surface area contributed by atoms with E-state index in [0.717, 1.165) is 5.56 Å². The lowest BCUT2D eigenvalue weighted by atomic mass is 10.0. The molecule has 2 rings (SSSR count). The molecule has 0 aromatic heterocycles. The van der Waals surface area contributed by atoms with Gasteiger partial charge in [0.05, 0.1) is 6.42 Å². The lowest BCUT2D eigenvalue weighted by Gasteiger charge is -2.19. The van der Waals surface area contributed by atoms with Crippen molar-refractivity contribution >= 4 is 23.5 Å². The Kier molecular flexibility index (Phi) is 7.55. The SMILES string of the molecule is CC(=O)Nc1ccccc1CC(=O)NC(CCC(=O)O)Cc1ccccc1. The molecule has 3 N–H and O–H groups in total. The third-order valence-corrected chi connectivity index (χ3v) is 4.08. The van der Waals surface area contributed by atoms with Gasteiger partial charge in [0.15, 0.2) is 0 Å². The number of carbonyl (C=O) groups is 3.